The van der Waals surface area contributed by atoms with E-state index in [0.717, 1.165) is 23.4 Å². The number of nitrogen functional groups attached to an aromatic ring is 1. The Morgan fingerprint density at radius 2 is 1.76 bits per heavy atom. The number of anilines is 1. The molecule has 0 spiro atoms. The summed E-state index contributed by atoms with van der Waals surface area (Å²) in [4.78, 5) is 0. The second kappa shape index (κ2) is 5.39. The van der Waals surface area contributed by atoms with Gasteiger partial charge in [-0.05, 0) is 24.6 Å². The molecule has 2 aromatic rings. The number of ether oxygens (including phenoxy) is 1. The minimum Gasteiger partial charge on any atom is -0.493 e. The summed E-state index contributed by atoms with van der Waals surface area (Å²) >= 11 is 0. The normalized spacial score (nSPS) is 10.2. The monoisotopic (exact) mass is 227 g/mol. The molecule has 0 saturated carbocycles. The molecule has 0 atom stereocenters. The Balaban J connectivity index is 1.93. The maximum Gasteiger partial charge on any atom is 0.124 e. The summed E-state index contributed by atoms with van der Waals surface area (Å²) in [7, 11) is 0. The second-order valence-corrected chi connectivity index (χ2v) is 4.05. The van der Waals surface area contributed by atoms with Crippen LogP contribution in [0.4, 0.5) is 5.69 Å². The van der Waals surface area contributed by atoms with Crippen molar-refractivity contribution in [2.75, 3.05) is 12.3 Å². The fourth-order valence-electron chi connectivity index (χ4n) is 1.71. The predicted molar refractivity (Wildman–Crippen MR) is 71.2 cm³/mol. The largest absolute Gasteiger partial charge is 0.493 e. The van der Waals surface area contributed by atoms with Gasteiger partial charge in [-0.2, -0.15) is 0 Å². The van der Waals surface area contributed by atoms with Gasteiger partial charge in [-0.3, -0.25) is 0 Å². The second-order valence-electron chi connectivity index (χ2n) is 4.05. The molecule has 0 aliphatic carbocycles. The van der Waals surface area contributed by atoms with E-state index in [0.29, 0.717) is 6.61 Å². The lowest BCUT2D eigenvalue weighted by atomic mass is 10.1. The van der Waals surface area contributed by atoms with Crippen molar-refractivity contribution < 1.29 is 4.74 Å². The van der Waals surface area contributed by atoms with E-state index in [1.807, 2.05) is 43.3 Å². The first-order valence-electron chi connectivity index (χ1n) is 5.79. The number of hydrogen-bond acceptors (Lipinski definition) is 2. The van der Waals surface area contributed by atoms with Crippen LogP contribution in [0.3, 0.4) is 0 Å². The first kappa shape index (κ1) is 11.5. The van der Waals surface area contributed by atoms with Gasteiger partial charge in [-0.25, -0.2) is 0 Å². The van der Waals surface area contributed by atoms with E-state index in [4.69, 9.17) is 10.5 Å². The topological polar surface area (TPSA) is 35.2 Å². The van der Waals surface area contributed by atoms with Crippen LogP contribution < -0.4 is 10.5 Å². The Hall–Kier alpha value is -1.96. The summed E-state index contributed by atoms with van der Waals surface area (Å²) in [6, 6.07) is 16.1. The van der Waals surface area contributed by atoms with Crippen molar-refractivity contribution in [1.82, 2.24) is 0 Å². The van der Waals surface area contributed by atoms with Crippen molar-refractivity contribution in [3.63, 3.8) is 0 Å². The zero-order valence-corrected chi connectivity index (χ0v) is 10.0. The van der Waals surface area contributed by atoms with Crippen LogP contribution in [-0.2, 0) is 6.42 Å². The molecule has 88 valence electrons. The molecular formula is C15H17NO. The van der Waals surface area contributed by atoms with Crippen LogP contribution in [-0.4, -0.2) is 6.61 Å². The van der Waals surface area contributed by atoms with E-state index in [2.05, 4.69) is 12.1 Å². The standard InChI is InChI=1S/C15H17NO/c1-12-14(16)8-5-9-15(12)17-11-10-13-6-3-2-4-7-13/h2-9H,10-11,16H2,1H3. The summed E-state index contributed by atoms with van der Waals surface area (Å²) in [5.74, 6) is 0.876. The molecule has 2 N–H and O–H groups in total. The van der Waals surface area contributed by atoms with Gasteiger partial charge < -0.3 is 10.5 Å². The van der Waals surface area contributed by atoms with Crippen LogP contribution in [0.2, 0.25) is 0 Å². The maximum absolute atomic E-state index is 5.82. The number of rotatable bonds is 4. The number of nitrogens with two attached hydrogens (primary N) is 1. The fourth-order valence-corrected chi connectivity index (χ4v) is 1.71. The van der Waals surface area contributed by atoms with Crippen LogP contribution in [0.15, 0.2) is 48.5 Å². The van der Waals surface area contributed by atoms with E-state index in [1.54, 1.807) is 0 Å². The Morgan fingerprint density at radius 3 is 2.53 bits per heavy atom. The summed E-state index contributed by atoms with van der Waals surface area (Å²) in [5, 5.41) is 0. The first-order chi connectivity index (χ1) is 8.27. The van der Waals surface area contributed by atoms with Gasteiger partial charge in [0.2, 0.25) is 0 Å². The summed E-state index contributed by atoms with van der Waals surface area (Å²) in [6.45, 7) is 2.65. The minimum absolute atomic E-state index is 0.675. The van der Waals surface area contributed by atoms with Gasteiger partial charge in [0.25, 0.3) is 0 Å². The van der Waals surface area contributed by atoms with E-state index < -0.39 is 0 Å². The summed E-state index contributed by atoms with van der Waals surface area (Å²) in [5.41, 5.74) is 8.90. The SMILES string of the molecule is Cc1c(N)cccc1OCCc1ccccc1. The lowest BCUT2D eigenvalue weighted by Gasteiger charge is -2.10. The number of hydrogen-bond donors (Lipinski definition) is 1. The van der Waals surface area contributed by atoms with Gasteiger partial charge in [0.1, 0.15) is 5.75 Å². The Bertz CT molecular complexity index is 480. The molecule has 0 radical (unpaired) electrons. The third-order valence-corrected chi connectivity index (χ3v) is 2.82. The minimum atomic E-state index is 0.675. The molecule has 0 saturated heterocycles. The molecule has 2 rings (SSSR count). The third kappa shape index (κ3) is 3.00. The Kier molecular flexibility index (Phi) is 3.66. The highest BCUT2D eigenvalue weighted by Crippen LogP contribution is 2.22. The smallest absolute Gasteiger partial charge is 0.124 e. The molecular weight excluding hydrogens is 210 g/mol. The lowest BCUT2D eigenvalue weighted by molar-refractivity contribution is 0.320. The van der Waals surface area contributed by atoms with Crippen LogP contribution in [0, 0.1) is 6.92 Å². The van der Waals surface area contributed by atoms with Crippen LogP contribution >= 0.6 is 0 Å². The van der Waals surface area contributed by atoms with Crippen molar-refractivity contribution in [1.29, 1.82) is 0 Å². The van der Waals surface area contributed by atoms with E-state index >= 15 is 0 Å². The van der Waals surface area contributed by atoms with Crippen molar-refractivity contribution in [2.45, 2.75) is 13.3 Å². The molecule has 17 heavy (non-hydrogen) atoms. The predicted octanol–water partition coefficient (Wildman–Crippen LogP) is 3.20. The van der Waals surface area contributed by atoms with Gasteiger partial charge in [-0.1, -0.05) is 36.4 Å². The van der Waals surface area contributed by atoms with Crippen LogP contribution in [0.5, 0.6) is 5.75 Å². The molecule has 0 unspecified atom stereocenters. The lowest BCUT2D eigenvalue weighted by Crippen LogP contribution is -2.03. The van der Waals surface area contributed by atoms with Crippen LogP contribution in [0.1, 0.15) is 11.1 Å². The van der Waals surface area contributed by atoms with Gasteiger partial charge >= 0.3 is 0 Å². The van der Waals surface area contributed by atoms with E-state index in [9.17, 15) is 0 Å². The maximum atomic E-state index is 5.82. The van der Waals surface area contributed by atoms with Crippen molar-refractivity contribution in [3.8, 4) is 5.75 Å². The molecule has 2 heteroatoms. The average molecular weight is 227 g/mol. The highest BCUT2D eigenvalue weighted by molar-refractivity contribution is 5.53. The van der Waals surface area contributed by atoms with Gasteiger partial charge in [0.05, 0.1) is 6.61 Å². The summed E-state index contributed by atoms with van der Waals surface area (Å²) in [6.07, 6.45) is 0.912. The molecule has 0 aliphatic rings. The zero-order chi connectivity index (χ0) is 12.1. The van der Waals surface area contributed by atoms with Gasteiger partial charge in [0.15, 0.2) is 0 Å². The van der Waals surface area contributed by atoms with E-state index in [-0.39, 0.29) is 0 Å². The highest BCUT2D eigenvalue weighted by atomic mass is 16.5. The molecule has 0 heterocycles. The van der Waals surface area contributed by atoms with Crippen molar-refractivity contribution in [3.05, 3.63) is 59.7 Å². The number of benzene rings is 2. The Morgan fingerprint density at radius 1 is 1.00 bits per heavy atom. The third-order valence-electron chi connectivity index (χ3n) is 2.82. The van der Waals surface area contributed by atoms with Crippen molar-refractivity contribution >= 4 is 5.69 Å². The quantitative estimate of drug-likeness (QED) is 0.814. The molecule has 0 amide bonds. The summed E-state index contributed by atoms with van der Waals surface area (Å²) < 4.78 is 5.74. The fraction of sp³-hybridized carbons (Fsp3) is 0.200. The first-order valence-corrected chi connectivity index (χ1v) is 5.79. The van der Waals surface area contributed by atoms with Crippen molar-refractivity contribution in [2.24, 2.45) is 0 Å². The average Bonchev–Trinajstić information content (AvgIpc) is 2.36. The highest BCUT2D eigenvalue weighted by Gasteiger charge is 2.01. The van der Waals surface area contributed by atoms with Gasteiger partial charge in [0, 0.05) is 17.7 Å². The molecule has 0 aromatic heterocycles. The molecule has 0 fully saturated rings. The van der Waals surface area contributed by atoms with Gasteiger partial charge in [-0.15, -0.1) is 0 Å². The zero-order valence-electron chi connectivity index (χ0n) is 10.0. The molecule has 2 aromatic carbocycles. The van der Waals surface area contributed by atoms with Crippen LogP contribution in [0.25, 0.3) is 0 Å². The Labute approximate surface area is 102 Å². The van der Waals surface area contributed by atoms with E-state index in [1.165, 1.54) is 5.56 Å². The molecule has 0 aliphatic heterocycles. The molecule has 2 nitrogen and oxygen atoms in total. The molecule has 0 bridgehead atoms.